The number of anilines is 6. The molecule has 0 amide bonds. The summed E-state index contributed by atoms with van der Waals surface area (Å²) in [6.07, 6.45) is 0. The van der Waals surface area contributed by atoms with Gasteiger partial charge in [-0.2, -0.15) is 0 Å². The zero-order chi connectivity index (χ0) is 39.1. The summed E-state index contributed by atoms with van der Waals surface area (Å²) in [7, 11) is -2.05. The van der Waals surface area contributed by atoms with Gasteiger partial charge in [0.2, 0.25) is 0 Å². The van der Waals surface area contributed by atoms with Crippen molar-refractivity contribution in [3.63, 3.8) is 0 Å². The van der Waals surface area contributed by atoms with E-state index in [9.17, 15) is 0 Å². The normalized spacial score (nSPS) is 15.3. The van der Waals surface area contributed by atoms with Crippen LogP contribution in [0.15, 0.2) is 84.9 Å². The van der Waals surface area contributed by atoms with Crippen molar-refractivity contribution in [2.45, 2.75) is 131 Å². The van der Waals surface area contributed by atoms with Gasteiger partial charge in [-0.05, 0) is 121 Å². The Balaban J connectivity index is 1.52. The molecule has 0 aromatic heterocycles. The number of benzene rings is 5. The lowest BCUT2D eigenvalue weighted by Gasteiger charge is -2.48. The second kappa shape index (κ2) is 11.6. The minimum absolute atomic E-state index is 0.0574. The highest BCUT2D eigenvalue weighted by molar-refractivity contribution is 7.01. The highest BCUT2D eigenvalue weighted by Gasteiger charge is 2.48. The highest BCUT2D eigenvalue weighted by Crippen LogP contribution is 2.51. The van der Waals surface area contributed by atoms with Gasteiger partial charge < -0.3 is 14.5 Å². The lowest BCUT2D eigenvalue weighted by molar-refractivity contribution is 0.479. The molecule has 3 nitrogen and oxygen atoms in total. The molecule has 0 spiro atoms. The fourth-order valence-electron chi connectivity index (χ4n) is 8.52. The van der Waals surface area contributed by atoms with Crippen LogP contribution in [0, 0.1) is 0 Å². The fraction of sp³-hybridized carbons (Fsp3) is 0.400. The second-order valence-corrected chi connectivity index (χ2v) is 23.9. The Morgan fingerprint density at radius 1 is 0.352 bits per heavy atom. The molecule has 3 aliphatic heterocycles. The predicted octanol–water partition coefficient (Wildman–Crippen LogP) is 12.1. The minimum Gasteiger partial charge on any atom is -0.457 e. The predicted molar refractivity (Wildman–Crippen MR) is 235 cm³/mol. The summed E-state index contributed by atoms with van der Waals surface area (Å²) in [6.45, 7) is 34.8. The molecule has 280 valence electrons. The van der Waals surface area contributed by atoms with Crippen LogP contribution >= 0.6 is 0 Å². The van der Waals surface area contributed by atoms with Gasteiger partial charge in [-0.15, -0.1) is 0 Å². The van der Waals surface area contributed by atoms with E-state index in [1.54, 1.807) is 0 Å². The second-order valence-electron chi connectivity index (χ2n) is 21.3. The molecule has 3 heterocycles. The Labute approximate surface area is 327 Å². The Morgan fingerprint density at radius 3 is 0.926 bits per heavy atom. The fourth-order valence-corrected chi connectivity index (χ4v) is 12.3. The molecule has 4 heteroatoms. The molecular formula is C50H60N2OSi. The maximum absolute atomic E-state index is 7.28. The lowest BCUT2D eigenvalue weighted by Crippen LogP contribution is -2.63. The van der Waals surface area contributed by atoms with Gasteiger partial charge in [-0.3, -0.25) is 0 Å². The van der Waals surface area contributed by atoms with Crippen LogP contribution in [0.2, 0.25) is 0 Å². The molecule has 0 radical (unpaired) electrons. The molecule has 8 rings (SSSR count). The Hall–Kier alpha value is -4.28. The molecule has 0 unspecified atom stereocenters. The van der Waals surface area contributed by atoms with E-state index >= 15 is 0 Å². The lowest BCUT2D eigenvalue weighted by atomic mass is 9.84. The zero-order valence-corrected chi connectivity index (χ0v) is 36.6. The molecule has 5 aromatic rings. The largest absolute Gasteiger partial charge is 0.457 e. The third kappa shape index (κ3) is 5.82. The summed E-state index contributed by atoms with van der Waals surface area (Å²) < 4.78 is 7.28. The monoisotopic (exact) mass is 732 g/mol. The summed E-state index contributed by atoms with van der Waals surface area (Å²) in [6, 6.07) is 33.5. The first kappa shape index (κ1) is 36.7. The van der Waals surface area contributed by atoms with Gasteiger partial charge in [0.15, 0.2) is 8.80 Å². The topological polar surface area (TPSA) is 15.7 Å². The summed E-state index contributed by atoms with van der Waals surface area (Å²) >= 11 is 0. The minimum atomic E-state index is -2.05. The van der Waals surface area contributed by atoms with Crippen LogP contribution in [0.1, 0.15) is 132 Å². The summed E-state index contributed by atoms with van der Waals surface area (Å²) in [4.78, 5) is 5.17. The number of hydrogen-bond acceptors (Lipinski definition) is 3. The molecule has 5 aromatic carbocycles. The van der Waals surface area contributed by atoms with Crippen molar-refractivity contribution >= 4 is 58.5 Å². The summed E-state index contributed by atoms with van der Waals surface area (Å²) in [5, 5.41) is 4.29. The maximum Gasteiger partial charge on any atom is 0.153 e. The quantitative estimate of drug-likeness (QED) is 0.165. The first-order chi connectivity index (χ1) is 24.9. The Bertz CT molecular complexity index is 2160. The van der Waals surface area contributed by atoms with Crippen molar-refractivity contribution < 1.29 is 4.74 Å². The van der Waals surface area contributed by atoms with Crippen molar-refractivity contribution in [1.29, 1.82) is 0 Å². The van der Waals surface area contributed by atoms with Crippen LogP contribution < -0.4 is 30.1 Å². The highest BCUT2D eigenvalue weighted by atomic mass is 28.3. The van der Waals surface area contributed by atoms with Gasteiger partial charge in [-0.1, -0.05) is 128 Å². The average Bonchev–Trinajstić information content (AvgIpc) is 3.06. The third-order valence-corrected chi connectivity index (χ3v) is 15.5. The molecule has 0 fully saturated rings. The van der Waals surface area contributed by atoms with Crippen LogP contribution in [-0.2, 0) is 27.1 Å². The number of rotatable bonds is 2. The molecule has 0 bridgehead atoms. The van der Waals surface area contributed by atoms with E-state index in [2.05, 4.69) is 199 Å². The number of hydrogen-bond donors (Lipinski definition) is 0. The van der Waals surface area contributed by atoms with Crippen LogP contribution in [0.3, 0.4) is 0 Å². The van der Waals surface area contributed by atoms with Gasteiger partial charge in [0.1, 0.15) is 11.5 Å². The standard InChI is InChI=1S/C50H60N2OSi/c1-46(2,3)30-16-20-35(21-17-30)51-37-24-32(48(7,8)9)25-38-43(37)54-44-39(51)26-33(49(10,11)12)28-41(44)53-42-29-34(50(13,14)15)27-40(45(42)54)52(38)36-22-18-31(19-23-36)47(4,5)6/h16-29,54H,1-15H3. The van der Waals surface area contributed by atoms with E-state index in [1.807, 2.05) is 0 Å². The first-order valence-corrected chi connectivity index (χ1v) is 21.7. The first-order valence-electron chi connectivity index (χ1n) is 20.0. The molecular weight excluding hydrogens is 673 g/mol. The van der Waals surface area contributed by atoms with E-state index in [0.717, 1.165) is 11.5 Å². The van der Waals surface area contributed by atoms with Crippen LogP contribution in [0.5, 0.6) is 11.5 Å². The average molecular weight is 733 g/mol. The van der Waals surface area contributed by atoms with Crippen LogP contribution in [-0.4, -0.2) is 8.80 Å². The van der Waals surface area contributed by atoms with Crippen molar-refractivity contribution in [1.82, 2.24) is 0 Å². The molecule has 0 aliphatic carbocycles. The number of ether oxygens (including phenoxy) is 1. The van der Waals surface area contributed by atoms with Gasteiger partial charge >= 0.3 is 0 Å². The van der Waals surface area contributed by atoms with Crippen molar-refractivity contribution in [3.05, 3.63) is 113 Å². The van der Waals surface area contributed by atoms with Gasteiger partial charge in [0.25, 0.3) is 0 Å². The molecule has 0 atom stereocenters. The summed E-state index contributed by atoms with van der Waals surface area (Å²) in [5.41, 5.74) is 14.1. The van der Waals surface area contributed by atoms with E-state index in [1.165, 1.54) is 77.5 Å². The Morgan fingerprint density at radius 2 is 0.630 bits per heavy atom. The van der Waals surface area contributed by atoms with E-state index in [4.69, 9.17) is 4.74 Å². The van der Waals surface area contributed by atoms with Crippen molar-refractivity contribution in [2.75, 3.05) is 9.80 Å². The number of nitrogens with zero attached hydrogens (tertiary/aromatic N) is 2. The smallest absolute Gasteiger partial charge is 0.153 e. The summed E-state index contributed by atoms with van der Waals surface area (Å²) in [5.74, 6) is 2.07. The van der Waals surface area contributed by atoms with Crippen molar-refractivity contribution in [3.8, 4) is 11.5 Å². The molecule has 0 N–H and O–H groups in total. The molecule has 0 saturated carbocycles. The SMILES string of the molecule is CC(C)(C)c1ccc(N2c3cc(C(C)(C)C)cc4c3[SiH]3c5c(cc(C(C)(C)C)cc5N(c5ccc(C(C)(C)C)cc5)c5cc(C(C)(C)C)cc2c53)O4)cc1. The third-order valence-electron chi connectivity index (χ3n) is 12.0. The van der Waals surface area contributed by atoms with Gasteiger partial charge in [-0.25, -0.2) is 0 Å². The zero-order valence-electron chi connectivity index (χ0n) is 35.5. The Kier molecular flexibility index (Phi) is 7.89. The molecule has 0 saturated heterocycles. The van der Waals surface area contributed by atoms with Crippen LogP contribution in [0.4, 0.5) is 34.1 Å². The molecule has 54 heavy (non-hydrogen) atoms. The van der Waals surface area contributed by atoms with Gasteiger partial charge in [0, 0.05) is 44.5 Å². The van der Waals surface area contributed by atoms with Gasteiger partial charge in [0.05, 0.1) is 0 Å². The van der Waals surface area contributed by atoms with Crippen LogP contribution in [0.25, 0.3) is 0 Å². The van der Waals surface area contributed by atoms with E-state index in [0.29, 0.717) is 0 Å². The van der Waals surface area contributed by atoms with E-state index in [-0.39, 0.29) is 27.1 Å². The van der Waals surface area contributed by atoms with Crippen molar-refractivity contribution in [2.24, 2.45) is 0 Å². The van der Waals surface area contributed by atoms with E-state index < -0.39 is 8.80 Å². The molecule has 3 aliphatic rings. The maximum atomic E-state index is 7.28.